The number of hydrogen-bond acceptors (Lipinski definition) is 0. The Morgan fingerprint density at radius 1 is 1.00 bits per heavy atom. The summed E-state index contributed by atoms with van der Waals surface area (Å²) in [6.07, 6.45) is 13.3. The molecule has 0 spiro atoms. The van der Waals surface area contributed by atoms with Crippen molar-refractivity contribution in [2.75, 3.05) is 0 Å². The van der Waals surface area contributed by atoms with Crippen molar-refractivity contribution >= 4 is 8.80 Å². The lowest BCUT2D eigenvalue weighted by molar-refractivity contribution is 0.624. The van der Waals surface area contributed by atoms with Gasteiger partial charge in [0, 0.05) is 8.80 Å². The Hall–Kier alpha value is -0.0431. The van der Waals surface area contributed by atoms with Crippen LogP contribution in [0.3, 0.4) is 0 Å². The summed E-state index contributed by atoms with van der Waals surface area (Å²) < 4.78 is 0. The SMILES string of the molecule is CCCC[Si](CCCC)CC1CC=CC1. The van der Waals surface area contributed by atoms with Crippen molar-refractivity contribution in [2.24, 2.45) is 5.92 Å². The predicted molar refractivity (Wildman–Crippen MR) is 71.9 cm³/mol. The van der Waals surface area contributed by atoms with Crippen LogP contribution in [0, 0.1) is 5.92 Å². The molecule has 0 atom stereocenters. The summed E-state index contributed by atoms with van der Waals surface area (Å²) in [5.41, 5.74) is 0. The first kappa shape index (κ1) is 13.0. The molecule has 1 aliphatic rings. The fourth-order valence-corrected chi connectivity index (χ4v) is 5.95. The van der Waals surface area contributed by atoms with Crippen molar-refractivity contribution in [3.8, 4) is 0 Å². The van der Waals surface area contributed by atoms with Gasteiger partial charge in [0.15, 0.2) is 0 Å². The van der Waals surface area contributed by atoms with E-state index < -0.39 is 0 Å². The second-order valence-electron chi connectivity index (χ2n) is 4.97. The second kappa shape index (κ2) is 8.15. The maximum Gasteiger partial charge on any atom is 0.0482 e. The number of rotatable bonds is 8. The van der Waals surface area contributed by atoms with Gasteiger partial charge in [-0.15, -0.1) is 0 Å². The summed E-state index contributed by atoms with van der Waals surface area (Å²) in [5.74, 6) is 1.03. The molecular formula is C14H27Si. The molecule has 87 valence electrons. The van der Waals surface area contributed by atoms with E-state index in [0.29, 0.717) is 0 Å². The Kier molecular flexibility index (Phi) is 7.08. The van der Waals surface area contributed by atoms with E-state index in [-0.39, 0.29) is 8.80 Å². The van der Waals surface area contributed by atoms with Crippen LogP contribution in [0.25, 0.3) is 0 Å². The molecule has 1 rings (SSSR count). The van der Waals surface area contributed by atoms with Gasteiger partial charge in [-0.25, -0.2) is 0 Å². The van der Waals surface area contributed by atoms with Crippen LogP contribution in [-0.4, -0.2) is 8.80 Å². The minimum absolute atomic E-state index is 0.00716. The Morgan fingerprint density at radius 3 is 2.00 bits per heavy atom. The molecule has 0 saturated carbocycles. The Morgan fingerprint density at radius 2 is 1.53 bits per heavy atom. The van der Waals surface area contributed by atoms with Crippen LogP contribution in [0.4, 0.5) is 0 Å². The topological polar surface area (TPSA) is 0 Å². The van der Waals surface area contributed by atoms with Crippen LogP contribution in [0.2, 0.25) is 18.1 Å². The summed E-state index contributed by atoms with van der Waals surface area (Å²) in [7, 11) is 0.00716. The van der Waals surface area contributed by atoms with Gasteiger partial charge in [-0.2, -0.15) is 0 Å². The molecule has 0 N–H and O–H groups in total. The molecule has 0 aromatic rings. The summed E-state index contributed by atoms with van der Waals surface area (Å²) in [6.45, 7) is 4.66. The molecule has 0 bridgehead atoms. The molecule has 0 amide bonds. The van der Waals surface area contributed by atoms with E-state index in [1.54, 1.807) is 18.1 Å². The van der Waals surface area contributed by atoms with Crippen LogP contribution in [0.1, 0.15) is 52.4 Å². The predicted octanol–water partition coefficient (Wildman–Crippen LogP) is 5.05. The second-order valence-corrected chi connectivity index (χ2v) is 7.88. The van der Waals surface area contributed by atoms with E-state index in [1.165, 1.54) is 38.5 Å². The summed E-state index contributed by atoms with van der Waals surface area (Å²) >= 11 is 0. The lowest BCUT2D eigenvalue weighted by atomic mass is 10.1. The molecule has 15 heavy (non-hydrogen) atoms. The molecule has 1 heteroatoms. The molecule has 0 saturated heterocycles. The lowest BCUT2D eigenvalue weighted by Crippen LogP contribution is -2.16. The first-order chi connectivity index (χ1) is 7.36. The van der Waals surface area contributed by atoms with Crippen molar-refractivity contribution in [1.29, 1.82) is 0 Å². The smallest absolute Gasteiger partial charge is 0.0482 e. The summed E-state index contributed by atoms with van der Waals surface area (Å²) in [5, 5.41) is 0. The van der Waals surface area contributed by atoms with E-state index >= 15 is 0 Å². The Labute approximate surface area is 97.8 Å². The van der Waals surface area contributed by atoms with E-state index in [4.69, 9.17) is 0 Å². The molecule has 0 aliphatic heterocycles. The first-order valence-electron chi connectivity index (χ1n) is 6.85. The third-order valence-electron chi connectivity index (χ3n) is 3.45. The van der Waals surface area contributed by atoms with Crippen molar-refractivity contribution in [1.82, 2.24) is 0 Å². The molecule has 0 aromatic carbocycles. The van der Waals surface area contributed by atoms with Crippen LogP contribution in [0.15, 0.2) is 12.2 Å². The maximum atomic E-state index is 2.39. The first-order valence-corrected chi connectivity index (χ1v) is 8.97. The summed E-state index contributed by atoms with van der Waals surface area (Å²) in [6, 6.07) is 4.76. The highest BCUT2D eigenvalue weighted by atomic mass is 28.3. The van der Waals surface area contributed by atoms with E-state index in [2.05, 4.69) is 26.0 Å². The maximum absolute atomic E-state index is 2.39. The van der Waals surface area contributed by atoms with Gasteiger partial charge in [0.05, 0.1) is 0 Å². The standard InChI is InChI=1S/C14H27Si/c1-3-5-11-15(12-6-4-2)13-14-9-7-8-10-14/h7-8,14H,3-6,9-13H2,1-2H3. The largest absolute Gasteiger partial charge is 0.0883 e. The molecular weight excluding hydrogens is 196 g/mol. The zero-order chi connectivity index (χ0) is 10.9. The molecule has 1 radical (unpaired) electrons. The third-order valence-corrected chi connectivity index (χ3v) is 6.73. The molecule has 0 nitrogen and oxygen atoms in total. The highest BCUT2D eigenvalue weighted by Gasteiger charge is 2.17. The monoisotopic (exact) mass is 223 g/mol. The van der Waals surface area contributed by atoms with Crippen molar-refractivity contribution in [2.45, 2.75) is 70.5 Å². The number of allylic oxidation sites excluding steroid dienone is 2. The van der Waals surface area contributed by atoms with Crippen molar-refractivity contribution in [3.63, 3.8) is 0 Å². The summed E-state index contributed by atoms with van der Waals surface area (Å²) in [4.78, 5) is 0. The van der Waals surface area contributed by atoms with Gasteiger partial charge in [-0.05, 0) is 18.8 Å². The highest BCUT2D eigenvalue weighted by Crippen LogP contribution is 2.27. The zero-order valence-electron chi connectivity index (χ0n) is 10.6. The number of unbranched alkanes of at least 4 members (excludes halogenated alkanes) is 2. The van der Waals surface area contributed by atoms with Gasteiger partial charge in [0.1, 0.15) is 0 Å². The minimum Gasteiger partial charge on any atom is -0.0883 e. The van der Waals surface area contributed by atoms with E-state index in [1.807, 2.05) is 0 Å². The highest BCUT2D eigenvalue weighted by molar-refractivity contribution is 6.58. The van der Waals surface area contributed by atoms with Crippen LogP contribution < -0.4 is 0 Å². The van der Waals surface area contributed by atoms with E-state index in [0.717, 1.165) is 5.92 Å². The zero-order valence-corrected chi connectivity index (χ0v) is 11.6. The van der Waals surface area contributed by atoms with Gasteiger partial charge in [0.25, 0.3) is 0 Å². The molecule has 0 fully saturated rings. The average Bonchev–Trinajstić information content (AvgIpc) is 2.74. The fraction of sp³-hybridized carbons (Fsp3) is 0.857. The van der Waals surface area contributed by atoms with Crippen LogP contribution in [0.5, 0.6) is 0 Å². The molecule has 0 heterocycles. The van der Waals surface area contributed by atoms with Gasteiger partial charge in [0.2, 0.25) is 0 Å². The molecule has 0 aromatic heterocycles. The van der Waals surface area contributed by atoms with Gasteiger partial charge < -0.3 is 0 Å². The van der Waals surface area contributed by atoms with Crippen LogP contribution in [-0.2, 0) is 0 Å². The Bertz CT molecular complexity index is 158. The number of hydrogen-bond donors (Lipinski definition) is 0. The molecule has 1 aliphatic carbocycles. The van der Waals surface area contributed by atoms with E-state index in [9.17, 15) is 0 Å². The van der Waals surface area contributed by atoms with Gasteiger partial charge >= 0.3 is 0 Å². The average molecular weight is 223 g/mol. The quantitative estimate of drug-likeness (QED) is 0.399. The molecule has 0 unspecified atom stereocenters. The fourth-order valence-electron chi connectivity index (χ4n) is 2.43. The van der Waals surface area contributed by atoms with Gasteiger partial charge in [-0.3, -0.25) is 0 Å². The normalized spacial score (nSPS) is 16.7. The van der Waals surface area contributed by atoms with Crippen LogP contribution >= 0.6 is 0 Å². The van der Waals surface area contributed by atoms with Crippen molar-refractivity contribution in [3.05, 3.63) is 12.2 Å². The van der Waals surface area contributed by atoms with Gasteiger partial charge in [-0.1, -0.05) is 69.8 Å². The minimum atomic E-state index is 0.00716. The van der Waals surface area contributed by atoms with Crippen molar-refractivity contribution < 1.29 is 0 Å². The third kappa shape index (κ3) is 5.55. The lowest BCUT2D eigenvalue weighted by Gasteiger charge is -2.18. The Balaban J connectivity index is 2.20.